The molecule has 6 heteroatoms. The van der Waals surface area contributed by atoms with E-state index in [2.05, 4.69) is 25.9 Å². The highest BCUT2D eigenvalue weighted by Crippen LogP contribution is 2.18. The molecule has 17 heavy (non-hydrogen) atoms. The average Bonchev–Trinajstić information content (AvgIpc) is 2.71. The fourth-order valence-corrected chi connectivity index (χ4v) is 1.77. The van der Waals surface area contributed by atoms with Crippen molar-refractivity contribution < 1.29 is 9.47 Å². The molecule has 0 saturated heterocycles. The Morgan fingerprint density at radius 3 is 3.00 bits per heavy atom. The Morgan fingerprint density at radius 1 is 1.41 bits per heavy atom. The summed E-state index contributed by atoms with van der Waals surface area (Å²) in [6, 6.07) is 0. The highest BCUT2D eigenvalue weighted by molar-refractivity contribution is 9.10. The van der Waals surface area contributed by atoms with Crippen LogP contribution in [0.2, 0.25) is 0 Å². The highest BCUT2D eigenvalue weighted by Gasteiger charge is 2.07. The summed E-state index contributed by atoms with van der Waals surface area (Å²) in [5.74, 6) is 0.511. The Morgan fingerprint density at radius 2 is 2.24 bits per heavy atom. The third-order valence-corrected chi connectivity index (χ3v) is 2.47. The lowest BCUT2D eigenvalue weighted by atomic mass is 10.5. The van der Waals surface area contributed by atoms with E-state index >= 15 is 0 Å². The third kappa shape index (κ3) is 3.17. The topological polar surface area (TPSA) is 48.7 Å². The zero-order valence-electron chi connectivity index (χ0n) is 9.76. The molecule has 0 radical (unpaired) electrons. The van der Waals surface area contributed by atoms with Gasteiger partial charge < -0.3 is 9.47 Å². The maximum Gasteiger partial charge on any atom is 0.259 e. The van der Waals surface area contributed by atoms with Crippen LogP contribution in [0.3, 0.4) is 0 Å². The Hall–Kier alpha value is -1.14. The van der Waals surface area contributed by atoms with Crippen molar-refractivity contribution in [1.82, 2.24) is 14.4 Å². The van der Waals surface area contributed by atoms with Gasteiger partial charge in [0.25, 0.3) is 5.88 Å². The van der Waals surface area contributed by atoms with Crippen LogP contribution in [0, 0.1) is 0 Å². The number of halogens is 1. The van der Waals surface area contributed by atoms with Crippen molar-refractivity contribution in [3.8, 4) is 5.88 Å². The van der Waals surface area contributed by atoms with E-state index in [4.69, 9.17) is 9.47 Å². The van der Waals surface area contributed by atoms with Gasteiger partial charge in [0, 0.05) is 18.6 Å². The maximum absolute atomic E-state index is 5.56. The van der Waals surface area contributed by atoms with Crippen LogP contribution in [0.1, 0.15) is 13.8 Å². The number of fused-ring (bicyclic) bond motifs is 1. The average molecular weight is 300 g/mol. The van der Waals surface area contributed by atoms with Crippen LogP contribution >= 0.6 is 15.9 Å². The molecule has 0 fully saturated rings. The number of hydrogen-bond donors (Lipinski definition) is 0. The molecule has 0 spiro atoms. The van der Waals surface area contributed by atoms with E-state index in [9.17, 15) is 0 Å². The van der Waals surface area contributed by atoms with Crippen LogP contribution in [0.4, 0.5) is 0 Å². The minimum absolute atomic E-state index is 0.209. The van der Waals surface area contributed by atoms with Gasteiger partial charge in [-0.25, -0.2) is 9.97 Å². The summed E-state index contributed by atoms with van der Waals surface area (Å²) >= 11 is 3.33. The van der Waals surface area contributed by atoms with E-state index in [0.29, 0.717) is 29.3 Å². The quantitative estimate of drug-likeness (QED) is 0.795. The summed E-state index contributed by atoms with van der Waals surface area (Å²) in [6.07, 6.45) is 5.60. The molecule has 0 aliphatic carbocycles. The zero-order chi connectivity index (χ0) is 12.3. The lowest BCUT2D eigenvalue weighted by Crippen LogP contribution is -2.12. The summed E-state index contributed by atoms with van der Waals surface area (Å²) < 4.78 is 13.5. The van der Waals surface area contributed by atoms with Crippen LogP contribution in [0.15, 0.2) is 23.2 Å². The summed E-state index contributed by atoms with van der Waals surface area (Å²) in [6.45, 7) is 4.98. The molecule has 0 amide bonds. The monoisotopic (exact) mass is 299 g/mol. The largest absolute Gasteiger partial charge is 0.473 e. The Labute approximate surface area is 108 Å². The fourth-order valence-electron chi connectivity index (χ4n) is 1.39. The number of rotatable bonds is 5. The van der Waals surface area contributed by atoms with Gasteiger partial charge in [-0.15, -0.1) is 0 Å². The van der Waals surface area contributed by atoms with E-state index in [1.165, 1.54) is 0 Å². The van der Waals surface area contributed by atoms with Crippen molar-refractivity contribution in [2.75, 3.05) is 13.2 Å². The van der Waals surface area contributed by atoms with Gasteiger partial charge in [0.05, 0.1) is 12.7 Å². The first kappa shape index (κ1) is 12.3. The first-order chi connectivity index (χ1) is 8.16. The minimum atomic E-state index is 0.209. The second kappa shape index (κ2) is 5.46. The molecule has 5 nitrogen and oxygen atoms in total. The number of hydrogen-bond acceptors (Lipinski definition) is 4. The van der Waals surface area contributed by atoms with Gasteiger partial charge in [0.2, 0.25) is 5.65 Å². The smallest absolute Gasteiger partial charge is 0.259 e. The molecule has 0 saturated carbocycles. The Bertz CT molecular complexity index is 498. The first-order valence-electron chi connectivity index (χ1n) is 5.40. The number of aromatic nitrogens is 3. The number of ether oxygens (including phenoxy) is 2. The maximum atomic E-state index is 5.56. The predicted octanol–water partition coefficient (Wildman–Crippen LogP) is 2.30. The molecular weight excluding hydrogens is 286 g/mol. The summed E-state index contributed by atoms with van der Waals surface area (Å²) in [5.41, 5.74) is 0.706. The second-order valence-electron chi connectivity index (χ2n) is 3.79. The molecule has 0 bridgehead atoms. The van der Waals surface area contributed by atoms with Crippen molar-refractivity contribution >= 4 is 21.6 Å². The molecule has 2 aromatic heterocycles. The van der Waals surface area contributed by atoms with Gasteiger partial charge in [0.15, 0.2) is 0 Å². The third-order valence-electron chi connectivity index (χ3n) is 2.09. The van der Waals surface area contributed by atoms with Crippen LogP contribution in [0.25, 0.3) is 5.65 Å². The second-order valence-corrected chi connectivity index (χ2v) is 4.61. The lowest BCUT2D eigenvalue weighted by molar-refractivity contribution is 0.0544. The SMILES string of the molecule is CC(C)OCCOc1nc(Br)cn2ccnc12. The Kier molecular flexibility index (Phi) is 3.96. The van der Waals surface area contributed by atoms with Crippen LogP contribution in [-0.4, -0.2) is 33.7 Å². The van der Waals surface area contributed by atoms with E-state index in [1.807, 2.05) is 30.6 Å². The van der Waals surface area contributed by atoms with Crippen LogP contribution in [-0.2, 0) is 4.74 Å². The first-order valence-corrected chi connectivity index (χ1v) is 6.19. The van der Waals surface area contributed by atoms with Crippen LogP contribution in [0.5, 0.6) is 5.88 Å². The van der Waals surface area contributed by atoms with Gasteiger partial charge in [-0.2, -0.15) is 0 Å². The van der Waals surface area contributed by atoms with Gasteiger partial charge in [0.1, 0.15) is 11.2 Å². The normalized spacial score (nSPS) is 11.3. The Balaban J connectivity index is 2.04. The van der Waals surface area contributed by atoms with Crippen molar-refractivity contribution in [1.29, 1.82) is 0 Å². The van der Waals surface area contributed by atoms with Crippen LogP contribution < -0.4 is 4.74 Å². The number of nitrogens with zero attached hydrogens (tertiary/aromatic N) is 3. The van der Waals surface area contributed by atoms with Crippen molar-refractivity contribution in [2.24, 2.45) is 0 Å². The number of imidazole rings is 1. The fraction of sp³-hybridized carbons (Fsp3) is 0.455. The molecule has 2 aromatic rings. The van der Waals surface area contributed by atoms with E-state index in [0.717, 1.165) is 0 Å². The highest BCUT2D eigenvalue weighted by atomic mass is 79.9. The molecule has 0 aromatic carbocycles. The molecule has 2 rings (SSSR count). The molecule has 0 N–H and O–H groups in total. The van der Waals surface area contributed by atoms with Gasteiger partial charge in [-0.05, 0) is 29.8 Å². The van der Waals surface area contributed by atoms with Gasteiger partial charge >= 0.3 is 0 Å². The van der Waals surface area contributed by atoms with E-state index in [1.54, 1.807) is 6.20 Å². The molecule has 0 unspecified atom stereocenters. The van der Waals surface area contributed by atoms with Gasteiger partial charge in [-0.1, -0.05) is 0 Å². The van der Waals surface area contributed by atoms with E-state index in [-0.39, 0.29) is 6.10 Å². The van der Waals surface area contributed by atoms with E-state index < -0.39 is 0 Å². The minimum Gasteiger partial charge on any atom is -0.473 e. The molecule has 2 heterocycles. The predicted molar refractivity (Wildman–Crippen MR) is 67.3 cm³/mol. The zero-order valence-corrected chi connectivity index (χ0v) is 11.3. The summed E-state index contributed by atoms with van der Waals surface area (Å²) in [4.78, 5) is 8.43. The molecule has 0 atom stereocenters. The van der Waals surface area contributed by atoms with Crippen molar-refractivity contribution in [2.45, 2.75) is 20.0 Å². The summed E-state index contributed by atoms with van der Waals surface area (Å²) in [7, 11) is 0. The van der Waals surface area contributed by atoms with Gasteiger partial charge in [-0.3, -0.25) is 4.40 Å². The summed E-state index contributed by atoms with van der Waals surface area (Å²) in [5, 5.41) is 0. The standard InChI is InChI=1S/C11H14BrN3O2/c1-8(2)16-5-6-17-11-10-13-3-4-15(10)7-9(12)14-11/h3-4,7-8H,5-6H2,1-2H3. The lowest BCUT2D eigenvalue weighted by Gasteiger charge is -2.09. The van der Waals surface area contributed by atoms with Crippen molar-refractivity contribution in [3.05, 3.63) is 23.2 Å². The molecular formula is C11H14BrN3O2. The molecule has 92 valence electrons. The van der Waals surface area contributed by atoms with Crippen molar-refractivity contribution in [3.63, 3.8) is 0 Å². The molecule has 0 aliphatic heterocycles. The molecule has 0 aliphatic rings.